The molecule has 1 aromatic rings. The number of nitrogens with zero attached hydrogens (tertiary/aromatic N) is 3. The summed E-state index contributed by atoms with van der Waals surface area (Å²) in [6.07, 6.45) is 4.00. The van der Waals surface area contributed by atoms with Gasteiger partial charge in [0.05, 0.1) is 0 Å². The van der Waals surface area contributed by atoms with Gasteiger partial charge in [-0.2, -0.15) is 0 Å². The van der Waals surface area contributed by atoms with Crippen LogP contribution in [0, 0.1) is 0 Å². The summed E-state index contributed by atoms with van der Waals surface area (Å²) < 4.78 is 0. The molecule has 1 saturated heterocycles. The van der Waals surface area contributed by atoms with Crippen molar-refractivity contribution in [3.8, 4) is 0 Å². The minimum absolute atomic E-state index is 0.146. The van der Waals surface area contributed by atoms with Gasteiger partial charge >= 0.3 is 0 Å². The maximum Gasteiger partial charge on any atom is 0.193 e. The number of nitrogens with one attached hydrogen (secondary N) is 2. The molecule has 0 unspecified atom stereocenters. The monoisotopic (exact) mass is 359 g/mol. The van der Waals surface area contributed by atoms with Crippen molar-refractivity contribution < 1.29 is 0 Å². The summed E-state index contributed by atoms with van der Waals surface area (Å²) >= 11 is 0. The number of piperidine rings is 1. The molecule has 5 heteroatoms. The summed E-state index contributed by atoms with van der Waals surface area (Å²) in [5.74, 6) is 0.931. The summed E-state index contributed by atoms with van der Waals surface area (Å²) in [5, 5.41) is 6.92. The van der Waals surface area contributed by atoms with Crippen LogP contribution in [0.2, 0.25) is 0 Å². The Morgan fingerprint density at radius 2 is 1.73 bits per heavy atom. The molecule has 146 valence electrons. The smallest absolute Gasteiger partial charge is 0.193 e. The lowest BCUT2D eigenvalue weighted by Crippen LogP contribution is -2.44. The van der Waals surface area contributed by atoms with E-state index in [4.69, 9.17) is 0 Å². The van der Waals surface area contributed by atoms with Gasteiger partial charge in [0.25, 0.3) is 0 Å². The zero-order valence-electron chi connectivity index (χ0n) is 17.3. The normalized spacial score (nSPS) is 15.9. The lowest BCUT2D eigenvalue weighted by Gasteiger charge is -2.29. The van der Waals surface area contributed by atoms with E-state index in [1.54, 1.807) is 0 Å². The van der Waals surface area contributed by atoms with Crippen LogP contribution in [0.15, 0.2) is 29.3 Å². The van der Waals surface area contributed by atoms with Crippen LogP contribution in [0.1, 0.15) is 45.6 Å². The first kappa shape index (κ1) is 20.6. The van der Waals surface area contributed by atoms with Crippen molar-refractivity contribution in [3.63, 3.8) is 0 Å². The molecular formula is C21H37N5. The molecule has 0 amide bonds. The highest BCUT2D eigenvalue weighted by atomic mass is 15.3. The molecule has 0 bridgehead atoms. The number of anilines is 1. The molecule has 0 atom stereocenters. The first-order chi connectivity index (χ1) is 12.4. The fourth-order valence-corrected chi connectivity index (χ4v) is 3.31. The second-order valence-corrected chi connectivity index (χ2v) is 8.22. The second-order valence-electron chi connectivity index (χ2n) is 8.22. The predicted octanol–water partition coefficient (Wildman–Crippen LogP) is 3.07. The number of aliphatic imine (C=N–C) groups is 1. The maximum atomic E-state index is 4.40. The summed E-state index contributed by atoms with van der Waals surface area (Å²) in [7, 11) is 3.93. The van der Waals surface area contributed by atoms with Crippen molar-refractivity contribution in [1.29, 1.82) is 0 Å². The maximum absolute atomic E-state index is 4.40. The van der Waals surface area contributed by atoms with Gasteiger partial charge in [-0.1, -0.05) is 12.1 Å². The third-order valence-electron chi connectivity index (χ3n) is 4.71. The highest BCUT2D eigenvalue weighted by Crippen LogP contribution is 2.20. The zero-order chi connectivity index (χ0) is 19.0. The van der Waals surface area contributed by atoms with Gasteiger partial charge in [-0.3, -0.25) is 4.99 Å². The van der Waals surface area contributed by atoms with Gasteiger partial charge in [0, 0.05) is 58.0 Å². The standard InChI is InChI=1S/C21H37N5/c1-21(2,3)24-14-13-23-20(22-4)25(5)17-18-9-11-19(12-10-18)26-15-7-6-8-16-26/h9-12,24H,6-8,13-17H2,1-5H3,(H,22,23). The Labute approximate surface area is 159 Å². The Morgan fingerprint density at radius 3 is 2.31 bits per heavy atom. The summed E-state index contributed by atoms with van der Waals surface area (Å²) in [6, 6.07) is 9.01. The van der Waals surface area contributed by atoms with Crippen LogP contribution in [0.3, 0.4) is 0 Å². The summed E-state index contributed by atoms with van der Waals surface area (Å²) in [4.78, 5) is 9.08. The third-order valence-corrected chi connectivity index (χ3v) is 4.71. The average molecular weight is 360 g/mol. The largest absolute Gasteiger partial charge is 0.372 e. The minimum atomic E-state index is 0.146. The summed E-state index contributed by atoms with van der Waals surface area (Å²) in [6.45, 7) is 11.6. The number of benzene rings is 1. The molecule has 1 heterocycles. The van der Waals surface area contributed by atoms with E-state index in [0.717, 1.165) is 25.6 Å². The minimum Gasteiger partial charge on any atom is -0.372 e. The molecule has 26 heavy (non-hydrogen) atoms. The van der Waals surface area contributed by atoms with Crippen molar-refractivity contribution in [3.05, 3.63) is 29.8 Å². The van der Waals surface area contributed by atoms with Crippen molar-refractivity contribution in [2.24, 2.45) is 4.99 Å². The molecule has 0 aliphatic carbocycles. The number of hydrogen-bond acceptors (Lipinski definition) is 3. The van der Waals surface area contributed by atoms with Gasteiger partial charge in [0.2, 0.25) is 0 Å². The number of guanidine groups is 1. The highest BCUT2D eigenvalue weighted by molar-refractivity contribution is 5.79. The van der Waals surface area contributed by atoms with E-state index in [1.165, 1.54) is 43.6 Å². The zero-order valence-corrected chi connectivity index (χ0v) is 17.3. The Hall–Kier alpha value is -1.75. The molecule has 1 aromatic carbocycles. The van der Waals surface area contributed by atoms with E-state index in [0.29, 0.717) is 0 Å². The molecule has 5 nitrogen and oxygen atoms in total. The second kappa shape index (κ2) is 9.81. The van der Waals surface area contributed by atoms with E-state index in [-0.39, 0.29) is 5.54 Å². The van der Waals surface area contributed by atoms with Gasteiger partial charge in [-0.05, 0) is 57.7 Å². The molecule has 2 rings (SSSR count). The average Bonchev–Trinajstić information content (AvgIpc) is 2.62. The third kappa shape index (κ3) is 6.87. The van der Waals surface area contributed by atoms with Crippen molar-refractivity contribution in [2.45, 2.75) is 52.1 Å². The van der Waals surface area contributed by atoms with Crippen LogP contribution in [0.5, 0.6) is 0 Å². The molecule has 0 aromatic heterocycles. The van der Waals surface area contributed by atoms with Crippen LogP contribution in [-0.2, 0) is 6.54 Å². The van der Waals surface area contributed by atoms with E-state index in [2.05, 4.69) is 77.5 Å². The Kier molecular flexibility index (Phi) is 7.76. The number of rotatable bonds is 6. The first-order valence-corrected chi connectivity index (χ1v) is 9.90. The van der Waals surface area contributed by atoms with E-state index in [9.17, 15) is 0 Å². The summed E-state index contributed by atoms with van der Waals surface area (Å²) in [5.41, 5.74) is 2.81. The van der Waals surface area contributed by atoms with Gasteiger partial charge in [-0.25, -0.2) is 0 Å². The molecule has 1 fully saturated rings. The molecule has 1 aliphatic heterocycles. The first-order valence-electron chi connectivity index (χ1n) is 9.90. The molecule has 0 saturated carbocycles. The Balaban J connectivity index is 1.82. The predicted molar refractivity (Wildman–Crippen MR) is 113 cm³/mol. The fraction of sp³-hybridized carbons (Fsp3) is 0.667. The van der Waals surface area contributed by atoms with Gasteiger partial charge < -0.3 is 20.4 Å². The van der Waals surface area contributed by atoms with Crippen molar-refractivity contribution in [2.75, 3.05) is 45.2 Å². The number of hydrogen-bond donors (Lipinski definition) is 2. The lowest BCUT2D eigenvalue weighted by atomic mass is 10.1. The highest BCUT2D eigenvalue weighted by Gasteiger charge is 2.12. The molecule has 1 aliphatic rings. The molecular weight excluding hydrogens is 322 g/mol. The van der Waals surface area contributed by atoms with Gasteiger partial charge in [0.1, 0.15) is 0 Å². The van der Waals surface area contributed by atoms with E-state index >= 15 is 0 Å². The van der Waals surface area contributed by atoms with Crippen molar-refractivity contribution in [1.82, 2.24) is 15.5 Å². The van der Waals surface area contributed by atoms with Crippen LogP contribution in [-0.4, -0.2) is 56.7 Å². The van der Waals surface area contributed by atoms with Crippen LogP contribution < -0.4 is 15.5 Å². The van der Waals surface area contributed by atoms with Gasteiger partial charge in [-0.15, -0.1) is 0 Å². The topological polar surface area (TPSA) is 42.9 Å². The Morgan fingerprint density at radius 1 is 1.08 bits per heavy atom. The van der Waals surface area contributed by atoms with E-state index < -0.39 is 0 Å². The van der Waals surface area contributed by atoms with Crippen LogP contribution in [0.25, 0.3) is 0 Å². The SMILES string of the molecule is CN=C(NCCNC(C)(C)C)N(C)Cc1ccc(N2CCCCC2)cc1. The van der Waals surface area contributed by atoms with Gasteiger partial charge in [0.15, 0.2) is 5.96 Å². The fourth-order valence-electron chi connectivity index (χ4n) is 3.31. The molecule has 0 spiro atoms. The molecule has 0 radical (unpaired) electrons. The quantitative estimate of drug-likeness (QED) is 0.465. The van der Waals surface area contributed by atoms with Crippen molar-refractivity contribution >= 4 is 11.6 Å². The van der Waals surface area contributed by atoms with Crippen LogP contribution in [0.4, 0.5) is 5.69 Å². The Bertz CT molecular complexity index is 553. The van der Waals surface area contributed by atoms with Crippen LogP contribution >= 0.6 is 0 Å². The van der Waals surface area contributed by atoms with E-state index in [1.807, 2.05) is 7.05 Å². The molecule has 2 N–H and O–H groups in total. The lowest BCUT2D eigenvalue weighted by molar-refractivity contribution is 0.422.